The number of aryl methyl sites for hydroxylation is 1. The first-order chi connectivity index (χ1) is 8.13. The van der Waals surface area contributed by atoms with E-state index in [0.717, 1.165) is 18.1 Å². The summed E-state index contributed by atoms with van der Waals surface area (Å²) in [6, 6.07) is 8.90. The lowest BCUT2D eigenvalue weighted by atomic mass is 10.1. The molecular formula is C15H25NS. The van der Waals surface area contributed by atoms with Crippen molar-refractivity contribution < 1.29 is 0 Å². The summed E-state index contributed by atoms with van der Waals surface area (Å²) in [6.45, 7) is 6.71. The minimum absolute atomic E-state index is 0.179. The summed E-state index contributed by atoms with van der Waals surface area (Å²) in [5, 5.41) is 0. The van der Waals surface area contributed by atoms with Gasteiger partial charge in [0.25, 0.3) is 0 Å². The molecule has 0 aliphatic heterocycles. The molecule has 0 aliphatic carbocycles. The van der Waals surface area contributed by atoms with Crippen molar-refractivity contribution >= 4 is 11.8 Å². The van der Waals surface area contributed by atoms with Crippen LogP contribution < -0.4 is 5.73 Å². The molecule has 0 aliphatic rings. The zero-order chi connectivity index (χ0) is 12.7. The predicted molar refractivity (Wildman–Crippen MR) is 79.5 cm³/mol. The highest BCUT2D eigenvalue weighted by molar-refractivity contribution is 7.99. The molecule has 1 rings (SSSR count). The molecule has 0 amide bonds. The zero-order valence-corrected chi connectivity index (χ0v) is 12.1. The first-order valence-corrected chi connectivity index (χ1v) is 7.71. The van der Waals surface area contributed by atoms with E-state index in [0.29, 0.717) is 0 Å². The summed E-state index contributed by atoms with van der Waals surface area (Å²) in [7, 11) is 0. The smallest absolute Gasteiger partial charge is 0.0386 e. The molecule has 2 N–H and O–H groups in total. The fourth-order valence-corrected chi connectivity index (χ4v) is 2.88. The monoisotopic (exact) mass is 251 g/mol. The van der Waals surface area contributed by atoms with Crippen LogP contribution in [0.3, 0.4) is 0 Å². The fourth-order valence-electron chi connectivity index (χ4n) is 1.63. The van der Waals surface area contributed by atoms with Gasteiger partial charge >= 0.3 is 0 Å². The lowest BCUT2D eigenvalue weighted by Gasteiger charge is -2.12. The molecule has 96 valence electrons. The van der Waals surface area contributed by atoms with Crippen LogP contribution in [0.15, 0.2) is 24.3 Å². The molecular weight excluding hydrogens is 226 g/mol. The third-order valence-electron chi connectivity index (χ3n) is 2.95. The number of hydrogen-bond donors (Lipinski definition) is 1. The highest BCUT2D eigenvalue weighted by Crippen LogP contribution is 2.18. The molecule has 1 aromatic carbocycles. The molecule has 1 aromatic rings. The molecule has 1 unspecified atom stereocenters. The third-order valence-corrected chi connectivity index (χ3v) is 4.07. The van der Waals surface area contributed by atoms with Crippen LogP contribution in [0.2, 0.25) is 0 Å². The first kappa shape index (κ1) is 14.6. The van der Waals surface area contributed by atoms with Gasteiger partial charge in [0, 0.05) is 11.8 Å². The van der Waals surface area contributed by atoms with Crippen LogP contribution in [0.25, 0.3) is 0 Å². The third kappa shape index (κ3) is 5.60. The summed E-state index contributed by atoms with van der Waals surface area (Å²) >= 11 is 1.97. The van der Waals surface area contributed by atoms with E-state index in [9.17, 15) is 0 Å². The second-order valence-corrected chi connectivity index (χ2v) is 6.11. The molecule has 0 heterocycles. The molecule has 1 atom stereocenters. The van der Waals surface area contributed by atoms with E-state index < -0.39 is 0 Å². The summed E-state index contributed by atoms with van der Waals surface area (Å²) in [6.07, 6.45) is 2.38. The van der Waals surface area contributed by atoms with Crippen LogP contribution in [-0.4, -0.2) is 11.5 Å². The lowest BCUT2D eigenvalue weighted by Crippen LogP contribution is -2.13. The van der Waals surface area contributed by atoms with Gasteiger partial charge in [-0.2, -0.15) is 11.8 Å². The van der Waals surface area contributed by atoms with Crippen molar-refractivity contribution in [1.29, 1.82) is 0 Å². The Morgan fingerprint density at radius 1 is 1.18 bits per heavy atom. The SMILES string of the molecule is CCc1ccc(C(N)CSCCC(C)C)cc1. The van der Waals surface area contributed by atoms with Gasteiger partial charge in [-0.05, 0) is 35.6 Å². The molecule has 1 nitrogen and oxygen atoms in total. The maximum absolute atomic E-state index is 6.18. The van der Waals surface area contributed by atoms with E-state index in [1.54, 1.807) is 0 Å². The number of rotatable bonds is 7. The molecule has 0 radical (unpaired) electrons. The number of benzene rings is 1. The topological polar surface area (TPSA) is 26.0 Å². The molecule has 0 spiro atoms. The average Bonchev–Trinajstić information content (AvgIpc) is 2.34. The molecule has 0 fully saturated rings. The summed E-state index contributed by atoms with van der Waals surface area (Å²) in [4.78, 5) is 0. The highest BCUT2D eigenvalue weighted by Gasteiger charge is 2.06. The number of hydrogen-bond acceptors (Lipinski definition) is 2. The molecule has 2 heteroatoms. The molecule has 0 saturated heterocycles. The van der Waals surface area contributed by atoms with E-state index in [2.05, 4.69) is 45.0 Å². The Kier molecular flexibility index (Phi) is 6.68. The molecule has 17 heavy (non-hydrogen) atoms. The van der Waals surface area contributed by atoms with E-state index in [1.807, 2.05) is 11.8 Å². The zero-order valence-electron chi connectivity index (χ0n) is 11.3. The Morgan fingerprint density at radius 3 is 2.35 bits per heavy atom. The van der Waals surface area contributed by atoms with Crippen molar-refractivity contribution in [2.24, 2.45) is 11.7 Å². The van der Waals surface area contributed by atoms with Gasteiger partial charge in [-0.1, -0.05) is 45.0 Å². The fraction of sp³-hybridized carbons (Fsp3) is 0.600. The highest BCUT2D eigenvalue weighted by atomic mass is 32.2. The quantitative estimate of drug-likeness (QED) is 0.740. The van der Waals surface area contributed by atoms with E-state index >= 15 is 0 Å². The number of thioether (sulfide) groups is 1. The normalized spacial score (nSPS) is 13.0. The second-order valence-electron chi connectivity index (χ2n) is 4.96. The van der Waals surface area contributed by atoms with Crippen molar-refractivity contribution in [3.8, 4) is 0 Å². The largest absolute Gasteiger partial charge is 0.323 e. The molecule has 0 bridgehead atoms. The Labute approximate surface area is 110 Å². The Balaban J connectivity index is 2.33. The first-order valence-electron chi connectivity index (χ1n) is 6.55. The van der Waals surface area contributed by atoms with Crippen LogP contribution in [0.1, 0.15) is 44.4 Å². The van der Waals surface area contributed by atoms with Gasteiger partial charge in [-0.15, -0.1) is 0 Å². The van der Waals surface area contributed by atoms with Crippen LogP contribution >= 0.6 is 11.8 Å². The van der Waals surface area contributed by atoms with Crippen LogP contribution in [0.5, 0.6) is 0 Å². The van der Waals surface area contributed by atoms with Gasteiger partial charge in [-0.25, -0.2) is 0 Å². The maximum atomic E-state index is 6.18. The van der Waals surface area contributed by atoms with Gasteiger partial charge in [0.15, 0.2) is 0 Å². The van der Waals surface area contributed by atoms with Gasteiger partial charge in [0.05, 0.1) is 0 Å². The van der Waals surface area contributed by atoms with Crippen molar-refractivity contribution in [3.63, 3.8) is 0 Å². The maximum Gasteiger partial charge on any atom is 0.0386 e. The summed E-state index contributed by atoms with van der Waals surface area (Å²) in [5.74, 6) is 3.04. The second kappa shape index (κ2) is 7.78. The van der Waals surface area contributed by atoms with E-state index in [4.69, 9.17) is 5.73 Å². The minimum atomic E-state index is 0.179. The predicted octanol–water partition coefficient (Wildman–Crippen LogP) is 4.03. The van der Waals surface area contributed by atoms with Gasteiger partial charge in [-0.3, -0.25) is 0 Å². The Morgan fingerprint density at radius 2 is 1.82 bits per heavy atom. The minimum Gasteiger partial charge on any atom is -0.323 e. The Hall–Kier alpha value is -0.470. The van der Waals surface area contributed by atoms with Gasteiger partial charge in [0.1, 0.15) is 0 Å². The van der Waals surface area contributed by atoms with E-state index in [1.165, 1.54) is 23.3 Å². The number of nitrogens with two attached hydrogens (primary N) is 1. The molecule has 0 aromatic heterocycles. The van der Waals surface area contributed by atoms with Crippen LogP contribution in [0.4, 0.5) is 0 Å². The molecule has 0 saturated carbocycles. The van der Waals surface area contributed by atoms with Crippen molar-refractivity contribution in [2.75, 3.05) is 11.5 Å². The Bertz CT molecular complexity index is 305. The van der Waals surface area contributed by atoms with Crippen LogP contribution in [-0.2, 0) is 6.42 Å². The summed E-state index contributed by atoms with van der Waals surface area (Å²) < 4.78 is 0. The summed E-state index contributed by atoms with van der Waals surface area (Å²) in [5.41, 5.74) is 8.83. The lowest BCUT2D eigenvalue weighted by molar-refractivity contribution is 0.631. The van der Waals surface area contributed by atoms with Crippen molar-refractivity contribution in [2.45, 2.75) is 39.7 Å². The van der Waals surface area contributed by atoms with Gasteiger partial charge < -0.3 is 5.73 Å². The standard InChI is InChI=1S/C15H25NS/c1-4-13-5-7-14(8-6-13)15(16)11-17-10-9-12(2)3/h5-8,12,15H,4,9-11,16H2,1-3H3. The van der Waals surface area contributed by atoms with E-state index in [-0.39, 0.29) is 6.04 Å². The van der Waals surface area contributed by atoms with Gasteiger partial charge in [0.2, 0.25) is 0 Å². The van der Waals surface area contributed by atoms with Crippen molar-refractivity contribution in [1.82, 2.24) is 0 Å². The van der Waals surface area contributed by atoms with Crippen LogP contribution in [0, 0.1) is 5.92 Å². The van der Waals surface area contributed by atoms with Crippen molar-refractivity contribution in [3.05, 3.63) is 35.4 Å². The average molecular weight is 251 g/mol.